The second kappa shape index (κ2) is 2.88. The van der Waals surface area contributed by atoms with Gasteiger partial charge in [-0.2, -0.15) is 5.26 Å². The van der Waals surface area contributed by atoms with Gasteiger partial charge in [-0.25, -0.2) is 4.79 Å². The van der Waals surface area contributed by atoms with Gasteiger partial charge < -0.3 is 9.64 Å². The summed E-state index contributed by atoms with van der Waals surface area (Å²) in [6.07, 6.45) is 0.660. The molecule has 0 bridgehead atoms. The normalized spacial score (nSPS) is 33.2. The Morgan fingerprint density at radius 2 is 2.27 bits per heavy atom. The minimum atomic E-state index is -0.455. The second-order valence-electron chi connectivity index (χ2n) is 5.53. The number of nitriles is 1. The number of amides is 1. The van der Waals surface area contributed by atoms with E-state index in [4.69, 9.17) is 10.00 Å². The lowest BCUT2D eigenvalue weighted by molar-refractivity contribution is 0.0268. The molecule has 1 amide bonds. The molecule has 4 nitrogen and oxygen atoms in total. The summed E-state index contributed by atoms with van der Waals surface area (Å²) in [6, 6.07) is 2.31. The third kappa shape index (κ3) is 1.79. The van der Waals surface area contributed by atoms with Gasteiger partial charge in [0, 0.05) is 13.1 Å². The molecular formula is C11H16N2O2. The molecule has 0 radical (unpaired) electrons. The van der Waals surface area contributed by atoms with E-state index in [1.807, 2.05) is 20.8 Å². The fraction of sp³-hybridized carbons (Fsp3) is 0.818. The zero-order chi connectivity index (χ0) is 11.3. The van der Waals surface area contributed by atoms with Gasteiger partial charge in [0.2, 0.25) is 0 Å². The van der Waals surface area contributed by atoms with E-state index >= 15 is 0 Å². The van der Waals surface area contributed by atoms with Crippen LogP contribution in [0.3, 0.4) is 0 Å². The summed E-state index contributed by atoms with van der Waals surface area (Å²) in [4.78, 5) is 13.3. The molecule has 1 saturated carbocycles. The van der Waals surface area contributed by atoms with Crippen LogP contribution in [-0.2, 0) is 4.74 Å². The van der Waals surface area contributed by atoms with E-state index in [0.717, 1.165) is 6.42 Å². The topological polar surface area (TPSA) is 53.3 Å². The molecule has 0 spiro atoms. The summed E-state index contributed by atoms with van der Waals surface area (Å²) >= 11 is 0. The molecule has 1 saturated heterocycles. The van der Waals surface area contributed by atoms with Crippen LogP contribution in [0.5, 0.6) is 0 Å². The minimum absolute atomic E-state index is 0.239. The van der Waals surface area contributed by atoms with Crippen LogP contribution in [0.25, 0.3) is 0 Å². The van der Waals surface area contributed by atoms with Gasteiger partial charge in [0.15, 0.2) is 0 Å². The maximum Gasteiger partial charge on any atom is 0.410 e. The van der Waals surface area contributed by atoms with Crippen molar-refractivity contribution in [3.8, 4) is 6.07 Å². The highest BCUT2D eigenvalue weighted by Gasteiger charge is 2.62. The molecule has 2 rings (SSSR count). The number of carbonyl (C=O) groups excluding carboxylic acids is 1. The smallest absolute Gasteiger partial charge is 0.410 e. The number of hydrogen-bond donors (Lipinski definition) is 0. The van der Waals surface area contributed by atoms with E-state index < -0.39 is 5.60 Å². The fourth-order valence-corrected chi connectivity index (χ4v) is 2.12. The van der Waals surface area contributed by atoms with Crippen molar-refractivity contribution < 1.29 is 9.53 Å². The Bertz CT molecular complexity index is 339. The molecule has 2 unspecified atom stereocenters. The predicted octanol–water partition coefficient (Wildman–Crippen LogP) is 1.77. The van der Waals surface area contributed by atoms with Gasteiger partial charge in [-0.15, -0.1) is 0 Å². The maximum atomic E-state index is 11.7. The van der Waals surface area contributed by atoms with E-state index in [0.29, 0.717) is 19.0 Å². The first-order valence-electron chi connectivity index (χ1n) is 5.25. The number of rotatable bonds is 0. The van der Waals surface area contributed by atoms with Crippen molar-refractivity contribution in [2.24, 2.45) is 11.3 Å². The number of piperidine rings is 1. The summed E-state index contributed by atoms with van der Waals surface area (Å²) in [5, 5.41) is 8.97. The Morgan fingerprint density at radius 3 is 2.73 bits per heavy atom. The van der Waals surface area contributed by atoms with Crippen LogP contribution < -0.4 is 0 Å². The number of fused-ring (bicyclic) bond motifs is 1. The summed E-state index contributed by atoms with van der Waals surface area (Å²) in [6.45, 7) is 6.77. The first-order valence-corrected chi connectivity index (χ1v) is 5.25. The van der Waals surface area contributed by atoms with Crippen molar-refractivity contribution in [1.29, 1.82) is 5.26 Å². The van der Waals surface area contributed by atoms with Gasteiger partial charge in [-0.3, -0.25) is 0 Å². The number of hydrogen-bond acceptors (Lipinski definition) is 3. The number of nitrogens with zero attached hydrogens (tertiary/aromatic N) is 2. The summed E-state index contributed by atoms with van der Waals surface area (Å²) in [5.74, 6) is 0.384. The molecular weight excluding hydrogens is 192 g/mol. The van der Waals surface area contributed by atoms with Gasteiger partial charge in [0.1, 0.15) is 5.60 Å². The zero-order valence-corrected chi connectivity index (χ0v) is 9.41. The van der Waals surface area contributed by atoms with Crippen molar-refractivity contribution in [2.75, 3.05) is 13.1 Å². The lowest BCUT2D eigenvalue weighted by atomic mass is 10.1. The first-order chi connectivity index (χ1) is 6.86. The molecule has 4 heteroatoms. The molecule has 0 aromatic heterocycles. The lowest BCUT2D eigenvalue weighted by Gasteiger charge is -2.25. The summed E-state index contributed by atoms with van der Waals surface area (Å²) in [7, 11) is 0. The number of ether oxygens (including phenoxy) is 1. The average Bonchev–Trinajstić information content (AvgIpc) is 2.66. The molecule has 0 N–H and O–H groups in total. The van der Waals surface area contributed by atoms with Crippen LogP contribution in [0.4, 0.5) is 4.79 Å². The standard InChI is InChI=1S/C11H16N2O2/c1-10(2,3)15-9(14)13-5-8-4-11(8,6-12)7-13/h8H,4-5,7H2,1-3H3. The molecule has 0 aromatic rings. The Balaban J connectivity index is 1.93. The molecule has 1 heterocycles. The van der Waals surface area contributed by atoms with E-state index in [1.165, 1.54) is 0 Å². The number of likely N-dealkylation sites (tertiary alicyclic amines) is 1. The molecule has 2 atom stereocenters. The molecule has 82 valence electrons. The minimum Gasteiger partial charge on any atom is -0.444 e. The highest BCUT2D eigenvalue weighted by atomic mass is 16.6. The highest BCUT2D eigenvalue weighted by molar-refractivity contribution is 5.69. The maximum absolute atomic E-state index is 11.7. The number of carbonyl (C=O) groups is 1. The Kier molecular flexibility index (Phi) is 1.97. The van der Waals surface area contributed by atoms with Crippen molar-refractivity contribution >= 4 is 6.09 Å². The quantitative estimate of drug-likeness (QED) is 0.609. The van der Waals surface area contributed by atoms with Crippen molar-refractivity contribution in [3.63, 3.8) is 0 Å². The molecule has 2 fully saturated rings. The molecule has 2 aliphatic rings. The molecule has 1 aliphatic heterocycles. The summed E-state index contributed by atoms with van der Waals surface area (Å²) in [5.41, 5.74) is -0.694. The Morgan fingerprint density at radius 1 is 1.60 bits per heavy atom. The largest absolute Gasteiger partial charge is 0.444 e. The lowest BCUT2D eigenvalue weighted by Crippen LogP contribution is -2.37. The highest BCUT2D eigenvalue weighted by Crippen LogP contribution is 2.57. The Labute approximate surface area is 89.8 Å². The van der Waals surface area contributed by atoms with Crippen LogP contribution in [0.15, 0.2) is 0 Å². The van der Waals surface area contributed by atoms with E-state index in [9.17, 15) is 4.79 Å². The monoisotopic (exact) mass is 208 g/mol. The van der Waals surface area contributed by atoms with Crippen LogP contribution in [0.1, 0.15) is 27.2 Å². The molecule has 0 aromatic carbocycles. The molecule has 15 heavy (non-hydrogen) atoms. The van der Waals surface area contributed by atoms with E-state index in [1.54, 1.807) is 4.90 Å². The van der Waals surface area contributed by atoms with Gasteiger partial charge in [-0.05, 0) is 33.1 Å². The van der Waals surface area contributed by atoms with Crippen molar-refractivity contribution in [2.45, 2.75) is 32.8 Å². The third-order valence-corrected chi connectivity index (χ3v) is 3.02. The first kappa shape index (κ1) is 10.3. The predicted molar refractivity (Wildman–Crippen MR) is 54.0 cm³/mol. The van der Waals surface area contributed by atoms with Crippen LogP contribution in [0.2, 0.25) is 0 Å². The van der Waals surface area contributed by atoms with Crippen molar-refractivity contribution in [1.82, 2.24) is 4.90 Å². The fourth-order valence-electron chi connectivity index (χ4n) is 2.12. The van der Waals surface area contributed by atoms with Crippen molar-refractivity contribution in [3.05, 3.63) is 0 Å². The van der Waals surface area contributed by atoms with Crippen LogP contribution in [0, 0.1) is 22.7 Å². The Hall–Kier alpha value is -1.24. The summed E-state index contributed by atoms with van der Waals surface area (Å²) < 4.78 is 5.26. The van der Waals surface area contributed by atoms with Crippen LogP contribution >= 0.6 is 0 Å². The SMILES string of the molecule is CC(C)(C)OC(=O)N1CC2CC2(C#N)C1. The zero-order valence-electron chi connectivity index (χ0n) is 9.41. The van der Waals surface area contributed by atoms with Gasteiger partial charge in [-0.1, -0.05) is 0 Å². The van der Waals surface area contributed by atoms with Gasteiger partial charge >= 0.3 is 6.09 Å². The third-order valence-electron chi connectivity index (χ3n) is 3.02. The van der Waals surface area contributed by atoms with Crippen LogP contribution in [-0.4, -0.2) is 29.7 Å². The average molecular weight is 208 g/mol. The van der Waals surface area contributed by atoms with E-state index in [-0.39, 0.29) is 11.5 Å². The van der Waals surface area contributed by atoms with Gasteiger partial charge in [0.05, 0.1) is 11.5 Å². The van der Waals surface area contributed by atoms with Gasteiger partial charge in [0.25, 0.3) is 0 Å². The molecule has 1 aliphatic carbocycles. The van der Waals surface area contributed by atoms with E-state index in [2.05, 4.69) is 6.07 Å². The second-order valence-corrected chi connectivity index (χ2v) is 5.53.